The van der Waals surface area contributed by atoms with Crippen LogP contribution in [-0.4, -0.2) is 25.7 Å². The van der Waals surface area contributed by atoms with Crippen LogP contribution < -0.4 is 10.6 Å². The third kappa shape index (κ3) is 4.63. The van der Waals surface area contributed by atoms with Crippen molar-refractivity contribution in [3.05, 3.63) is 35.4 Å². The van der Waals surface area contributed by atoms with Gasteiger partial charge in [-0.05, 0) is 13.0 Å². The Hall–Kier alpha value is -2.02. The number of ether oxygens (including phenoxy) is 1. The zero-order valence-electron chi connectivity index (χ0n) is 10.5. The van der Waals surface area contributed by atoms with E-state index >= 15 is 0 Å². The highest BCUT2D eigenvalue weighted by Gasteiger charge is 2.13. The van der Waals surface area contributed by atoms with E-state index in [-0.39, 0.29) is 12.1 Å². The lowest BCUT2D eigenvalue weighted by Crippen LogP contribution is -2.38. The molecule has 0 saturated carbocycles. The number of hydrogen-bond acceptors (Lipinski definition) is 4. The Bertz CT molecular complexity index is 480. The number of halogens is 2. The van der Waals surface area contributed by atoms with Crippen LogP contribution >= 0.6 is 0 Å². The summed E-state index contributed by atoms with van der Waals surface area (Å²) in [6, 6.07) is 2.68. The molecule has 0 aliphatic carbocycles. The molecule has 0 heterocycles. The van der Waals surface area contributed by atoms with Gasteiger partial charge < -0.3 is 10.1 Å². The molecule has 1 atom stereocenters. The minimum absolute atomic E-state index is 0.201. The van der Waals surface area contributed by atoms with Gasteiger partial charge in [-0.3, -0.25) is 10.1 Å². The fourth-order valence-corrected chi connectivity index (χ4v) is 1.42. The van der Waals surface area contributed by atoms with Gasteiger partial charge in [0.1, 0.15) is 11.6 Å². The van der Waals surface area contributed by atoms with E-state index in [4.69, 9.17) is 0 Å². The number of methoxy groups -OCH3 is 1. The summed E-state index contributed by atoms with van der Waals surface area (Å²) in [7, 11) is 1.13. The fourth-order valence-electron chi connectivity index (χ4n) is 1.42. The second-order valence-corrected chi connectivity index (χ2v) is 3.81. The van der Waals surface area contributed by atoms with Crippen LogP contribution in [0.2, 0.25) is 0 Å². The van der Waals surface area contributed by atoms with Crippen molar-refractivity contribution in [2.75, 3.05) is 13.7 Å². The number of carbonyl (C=O) groups excluding carboxylic acids is 2. The molecule has 2 amide bonds. The third-order valence-electron chi connectivity index (χ3n) is 2.42. The first-order chi connectivity index (χ1) is 8.93. The average Bonchev–Trinajstić information content (AvgIpc) is 2.35. The molecule has 1 rings (SSSR count). The first kappa shape index (κ1) is 15.0. The molecule has 5 nitrogen and oxygen atoms in total. The summed E-state index contributed by atoms with van der Waals surface area (Å²) in [4.78, 5) is 22.0. The normalized spacial score (nSPS) is 11.8. The molecule has 0 radical (unpaired) electrons. The van der Waals surface area contributed by atoms with Crippen LogP contribution in [0.4, 0.5) is 13.6 Å². The molecule has 7 heteroatoms. The molecule has 1 aromatic rings. The fraction of sp³-hybridized carbons (Fsp3) is 0.333. The van der Waals surface area contributed by atoms with Crippen molar-refractivity contribution in [3.8, 4) is 0 Å². The Morgan fingerprint density at radius 1 is 1.37 bits per heavy atom. The molecule has 0 unspecified atom stereocenters. The van der Waals surface area contributed by atoms with Crippen molar-refractivity contribution in [3.63, 3.8) is 0 Å². The summed E-state index contributed by atoms with van der Waals surface area (Å²) in [6.45, 7) is 1.41. The van der Waals surface area contributed by atoms with Gasteiger partial charge in [-0.25, -0.2) is 13.6 Å². The zero-order valence-corrected chi connectivity index (χ0v) is 10.5. The molecule has 0 spiro atoms. The van der Waals surface area contributed by atoms with E-state index in [1.807, 2.05) is 5.32 Å². The average molecular weight is 272 g/mol. The first-order valence-electron chi connectivity index (χ1n) is 5.50. The molecular formula is C12H14F2N2O3. The van der Waals surface area contributed by atoms with Crippen molar-refractivity contribution in [1.29, 1.82) is 0 Å². The summed E-state index contributed by atoms with van der Waals surface area (Å²) in [5.41, 5.74) is 0.229. The van der Waals surface area contributed by atoms with Crippen molar-refractivity contribution < 1.29 is 23.1 Å². The number of hydrogen-bond donors (Lipinski definition) is 2. The van der Waals surface area contributed by atoms with Crippen molar-refractivity contribution in [2.45, 2.75) is 13.0 Å². The highest BCUT2D eigenvalue weighted by Crippen LogP contribution is 2.17. The molecule has 0 fully saturated rings. The molecule has 19 heavy (non-hydrogen) atoms. The maximum absolute atomic E-state index is 13.4. The minimum Gasteiger partial charge on any atom is -0.453 e. The Kier molecular flexibility index (Phi) is 5.37. The van der Waals surface area contributed by atoms with Gasteiger partial charge in [-0.1, -0.05) is 6.07 Å². The lowest BCUT2D eigenvalue weighted by Gasteiger charge is -2.14. The second kappa shape index (κ2) is 6.79. The Balaban J connectivity index is 2.53. The number of carbonyl (C=O) groups is 2. The monoisotopic (exact) mass is 272 g/mol. The van der Waals surface area contributed by atoms with Gasteiger partial charge in [0.05, 0.1) is 13.7 Å². The molecule has 0 bridgehead atoms. The van der Waals surface area contributed by atoms with Gasteiger partial charge in [0.15, 0.2) is 0 Å². The number of amides is 2. The van der Waals surface area contributed by atoms with E-state index in [1.54, 1.807) is 6.92 Å². The molecule has 0 aliphatic rings. The number of imide groups is 1. The molecule has 0 aliphatic heterocycles. The Morgan fingerprint density at radius 2 is 2.05 bits per heavy atom. The Labute approximate surface area is 108 Å². The van der Waals surface area contributed by atoms with Gasteiger partial charge in [-0.2, -0.15) is 0 Å². The van der Waals surface area contributed by atoms with Gasteiger partial charge >= 0.3 is 6.09 Å². The van der Waals surface area contributed by atoms with Gasteiger partial charge in [0, 0.05) is 17.7 Å². The lowest BCUT2D eigenvalue weighted by molar-refractivity contribution is -0.119. The van der Waals surface area contributed by atoms with Crippen molar-refractivity contribution in [2.24, 2.45) is 0 Å². The summed E-state index contributed by atoms with van der Waals surface area (Å²) in [5, 5.41) is 4.65. The number of nitrogens with one attached hydrogen (secondary N) is 2. The minimum atomic E-state index is -0.868. The lowest BCUT2D eigenvalue weighted by atomic mass is 10.1. The smallest absolute Gasteiger partial charge is 0.413 e. The SMILES string of the molecule is COC(=O)NC(=O)CN[C@@H](C)c1ccc(F)cc1F. The summed E-state index contributed by atoms with van der Waals surface area (Å²) >= 11 is 0. The summed E-state index contributed by atoms with van der Waals surface area (Å²) in [6.07, 6.45) is -0.868. The van der Waals surface area contributed by atoms with Crippen molar-refractivity contribution >= 4 is 12.0 Å². The molecule has 1 aromatic carbocycles. The molecule has 2 N–H and O–H groups in total. The molecule has 104 valence electrons. The quantitative estimate of drug-likeness (QED) is 0.871. The van der Waals surface area contributed by atoms with Crippen LogP contribution in [0.25, 0.3) is 0 Å². The van der Waals surface area contributed by atoms with Crippen LogP contribution in [0, 0.1) is 11.6 Å². The predicted octanol–water partition coefficient (Wildman–Crippen LogP) is 1.50. The van der Waals surface area contributed by atoms with Crippen LogP contribution in [-0.2, 0) is 9.53 Å². The third-order valence-corrected chi connectivity index (χ3v) is 2.42. The second-order valence-electron chi connectivity index (χ2n) is 3.81. The molecule has 0 aromatic heterocycles. The van der Waals surface area contributed by atoms with E-state index in [2.05, 4.69) is 10.1 Å². The predicted molar refractivity (Wildman–Crippen MR) is 63.3 cm³/mol. The van der Waals surface area contributed by atoms with Gasteiger partial charge in [0.2, 0.25) is 5.91 Å². The van der Waals surface area contributed by atoms with Crippen LogP contribution in [0.1, 0.15) is 18.5 Å². The van der Waals surface area contributed by atoms with E-state index < -0.39 is 29.7 Å². The van der Waals surface area contributed by atoms with E-state index in [9.17, 15) is 18.4 Å². The number of alkyl carbamates (subject to hydrolysis) is 1. The van der Waals surface area contributed by atoms with E-state index in [1.165, 1.54) is 6.07 Å². The zero-order chi connectivity index (χ0) is 14.4. The largest absolute Gasteiger partial charge is 0.453 e. The van der Waals surface area contributed by atoms with Crippen LogP contribution in [0.5, 0.6) is 0 Å². The standard InChI is InChI=1S/C12H14F2N2O3/c1-7(9-4-3-8(13)5-10(9)14)15-6-11(17)16-12(18)19-2/h3-5,7,15H,6H2,1-2H3,(H,16,17,18)/t7-/m0/s1. The summed E-state index contributed by atoms with van der Waals surface area (Å²) < 4.78 is 30.4. The Morgan fingerprint density at radius 3 is 2.63 bits per heavy atom. The van der Waals surface area contributed by atoms with Crippen LogP contribution in [0.3, 0.4) is 0 Å². The maximum atomic E-state index is 13.4. The number of benzene rings is 1. The first-order valence-corrected chi connectivity index (χ1v) is 5.50. The summed E-state index contributed by atoms with van der Waals surface area (Å²) in [5.74, 6) is -1.98. The maximum Gasteiger partial charge on any atom is 0.413 e. The topological polar surface area (TPSA) is 67.4 Å². The molecular weight excluding hydrogens is 258 g/mol. The van der Waals surface area contributed by atoms with Crippen LogP contribution in [0.15, 0.2) is 18.2 Å². The molecule has 0 saturated heterocycles. The van der Waals surface area contributed by atoms with Gasteiger partial charge in [-0.15, -0.1) is 0 Å². The van der Waals surface area contributed by atoms with Gasteiger partial charge in [0.25, 0.3) is 0 Å². The van der Waals surface area contributed by atoms with Crippen molar-refractivity contribution in [1.82, 2.24) is 10.6 Å². The highest BCUT2D eigenvalue weighted by molar-refractivity contribution is 5.92. The van der Waals surface area contributed by atoms with E-state index in [0.29, 0.717) is 0 Å². The highest BCUT2D eigenvalue weighted by atomic mass is 19.1. The van der Waals surface area contributed by atoms with E-state index in [0.717, 1.165) is 19.2 Å². The number of rotatable bonds is 4.